The van der Waals surface area contributed by atoms with E-state index in [1.165, 1.54) is 16.4 Å². The van der Waals surface area contributed by atoms with E-state index in [-0.39, 0.29) is 34.1 Å². The van der Waals surface area contributed by atoms with Gasteiger partial charge in [0, 0.05) is 23.7 Å². The summed E-state index contributed by atoms with van der Waals surface area (Å²) < 4.78 is 27.3. The molecule has 0 bridgehead atoms. The molecule has 8 heteroatoms. The van der Waals surface area contributed by atoms with Crippen LogP contribution in [-0.4, -0.2) is 37.0 Å². The summed E-state index contributed by atoms with van der Waals surface area (Å²) in [5.74, 6) is 0. The maximum Gasteiger partial charge on any atom is 0.246 e. The fraction of sp³-hybridized carbons (Fsp3) is 0.500. The number of aliphatic hydroxyl groups is 1. The second-order valence-corrected chi connectivity index (χ2v) is 8.04. The van der Waals surface area contributed by atoms with Crippen molar-refractivity contribution in [1.29, 1.82) is 0 Å². The third-order valence-corrected chi connectivity index (χ3v) is 6.10. The minimum absolute atomic E-state index is 0.0685. The monoisotopic (exact) mass is 403 g/mol. The van der Waals surface area contributed by atoms with Gasteiger partial charge in [0.05, 0.1) is 10.0 Å². The lowest BCUT2D eigenvalue weighted by atomic mass is 10.3. The number of hydrogen-bond acceptors (Lipinski definition) is 3. The third-order valence-electron chi connectivity index (χ3n) is 2.64. The lowest BCUT2D eigenvalue weighted by Crippen LogP contribution is -2.38. The second-order valence-electron chi connectivity index (χ2n) is 4.49. The molecule has 0 aromatic heterocycles. The molecule has 0 unspecified atom stereocenters. The molecule has 0 heterocycles. The number of rotatable bonds is 6. The Labute approximate surface area is 137 Å². The molecule has 1 rings (SSSR count). The lowest BCUT2D eigenvalue weighted by molar-refractivity contribution is 0.258. The molecule has 0 amide bonds. The van der Waals surface area contributed by atoms with E-state index in [1.54, 1.807) is 13.8 Å². The van der Waals surface area contributed by atoms with Gasteiger partial charge in [-0.3, -0.25) is 0 Å². The Bertz CT molecular complexity index is 555. The Morgan fingerprint density at radius 3 is 2.20 bits per heavy atom. The molecule has 0 fully saturated rings. The maximum atomic E-state index is 12.7. The smallest absolute Gasteiger partial charge is 0.246 e. The molecule has 0 aliphatic heterocycles. The number of sulfonamides is 1. The standard InChI is InChI=1S/C12H16BrCl2NO3S/c1-8(2)16(4-3-5-17)20(18,19)12-10(14)6-9(13)7-11(12)15/h6-8,17H,3-5H2,1-2H3. The SMILES string of the molecule is CC(C)N(CCCO)S(=O)(=O)c1c(Cl)cc(Br)cc1Cl. The number of hydrogen-bond donors (Lipinski definition) is 1. The first kappa shape index (κ1) is 18.2. The van der Waals surface area contributed by atoms with E-state index in [9.17, 15) is 8.42 Å². The van der Waals surface area contributed by atoms with Crippen LogP contribution in [0.4, 0.5) is 0 Å². The van der Waals surface area contributed by atoms with Crippen LogP contribution in [0.3, 0.4) is 0 Å². The molecule has 1 aromatic rings. The van der Waals surface area contributed by atoms with Crippen LogP contribution in [0, 0.1) is 0 Å². The molecule has 1 N–H and O–H groups in total. The van der Waals surface area contributed by atoms with Gasteiger partial charge in [-0.2, -0.15) is 4.31 Å². The molecule has 1 aromatic carbocycles. The van der Waals surface area contributed by atoms with E-state index in [1.807, 2.05) is 0 Å². The summed E-state index contributed by atoms with van der Waals surface area (Å²) in [6, 6.07) is 2.72. The zero-order chi connectivity index (χ0) is 15.5. The van der Waals surface area contributed by atoms with Crippen LogP contribution < -0.4 is 0 Å². The molecule has 4 nitrogen and oxygen atoms in total. The summed E-state index contributed by atoms with van der Waals surface area (Å²) in [6.07, 6.45) is 0.350. The first-order valence-corrected chi connectivity index (χ1v) is 8.98. The van der Waals surface area contributed by atoms with Crippen LogP contribution >= 0.6 is 39.1 Å². The maximum absolute atomic E-state index is 12.7. The molecule has 0 atom stereocenters. The fourth-order valence-corrected chi connectivity index (χ4v) is 5.34. The quantitative estimate of drug-likeness (QED) is 0.788. The summed E-state index contributed by atoms with van der Waals surface area (Å²) in [5, 5.41) is 9.04. The number of aliphatic hydroxyl groups excluding tert-OH is 1. The van der Waals surface area contributed by atoms with Gasteiger partial charge in [-0.1, -0.05) is 39.1 Å². The second kappa shape index (κ2) is 7.42. The highest BCUT2D eigenvalue weighted by molar-refractivity contribution is 9.10. The molecule has 0 spiro atoms. The molecule has 0 radical (unpaired) electrons. The van der Waals surface area contributed by atoms with Crippen molar-refractivity contribution >= 4 is 49.2 Å². The Kier molecular flexibility index (Phi) is 6.76. The zero-order valence-corrected chi connectivity index (χ0v) is 15.0. The van der Waals surface area contributed by atoms with Gasteiger partial charge in [0.15, 0.2) is 0 Å². The van der Waals surface area contributed by atoms with E-state index in [0.717, 1.165) is 0 Å². The van der Waals surface area contributed by atoms with Crippen molar-refractivity contribution in [3.05, 3.63) is 26.7 Å². The topological polar surface area (TPSA) is 57.6 Å². The highest BCUT2D eigenvalue weighted by Gasteiger charge is 2.31. The molecule has 0 saturated carbocycles. The van der Waals surface area contributed by atoms with Crippen LogP contribution in [-0.2, 0) is 10.0 Å². The van der Waals surface area contributed by atoms with Gasteiger partial charge >= 0.3 is 0 Å². The van der Waals surface area contributed by atoms with E-state index in [0.29, 0.717) is 10.9 Å². The van der Waals surface area contributed by atoms with Gasteiger partial charge in [-0.15, -0.1) is 0 Å². The Balaban J connectivity index is 3.34. The summed E-state index contributed by atoms with van der Waals surface area (Å²) in [5.41, 5.74) is 0. The molecule has 20 heavy (non-hydrogen) atoms. The van der Waals surface area contributed by atoms with Gasteiger partial charge < -0.3 is 5.11 Å². The highest BCUT2D eigenvalue weighted by Crippen LogP contribution is 2.35. The molecular weight excluding hydrogens is 389 g/mol. The van der Waals surface area contributed by atoms with Crippen molar-refractivity contribution < 1.29 is 13.5 Å². The van der Waals surface area contributed by atoms with Crippen LogP contribution in [0.15, 0.2) is 21.5 Å². The first-order valence-electron chi connectivity index (χ1n) is 5.99. The first-order chi connectivity index (χ1) is 9.21. The molecule has 0 aliphatic carbocycles. The Hall–Kier alpha value is 0.150. The minimum atomic E-state index is -3.81. The van der Waals surface area contributed by atoms with Crippen LogP contribution in [0.2, 0.25) is 10.0 Å². The van der Waals surface area contributed by atoms with E-state index in [4.69, 9.17) is 28.3 Å². The van der Waals surface area contributed by atoms with Gasteiger partial charge in [0.1, 0.15) is 4.90 Å². The predicted octanol–water partition coefficient (Wildman–Crippen LogP) is 3.54. The van der Waals surface area contributed by atoms with Gasteiger partial charge in [0.25, 0.3) is 0 Å². The molecule has 0 aliphatic rings. The summed E-state index contributed by atoms with van der Waals surface area (Å²) in [4.78, 5) is -0.101. The van der Waals surface area contributed by atoms with Crippen molar-refractivity contribution in [3.63, 3.8) is 0 Å². The molecule has 114 valence electrons. The Morgan fingerprint density at radius 1 is 1.30 bits per heavy atom. The van der Waals surface area contributed by atoms with Crippen LogP contribution in [0.5, 0.6) is 0 Å². The van der Waals surface area contributed by atoms with E-state index in [2.05, 4.69) is 15.9 Å². The summed E-state index contributed by atoms with van der Waals surface area (Å²) >= 11 is 15.3. The van der Waals surface area contributed by atoms with E-state index < -0.39 is 10.0 Å². The van der Waals surface area contributed by atoms with Crippen molar-refractivity contribution in [1.82, 2.24) is 4.31 Å². The molecule has 0 saturated heterocycles. The number of nitrogens with zero attached hydrogens (tertiary/aromatic N) is 1. The van der Waals surface area contributed by atoms with Crippen molar-refractivity contribution in [2.75, 3.05) is 13.2 Å². The average molecular weight is 405 g/mol. The van der Waals surface area contributed by atoms with Crippen molar-refractivity contribution in [2.24, 2.45) is 0 Å². The third kappa shape index (κ3) is 4.08. The Morgan fingerprint density at radius 2 is 1.80 bits per heavy atom. The normalized spacial score (nSPS) is 12.4. The highest BCUT2D eigenvalue weighted by atomic mass is 79.9. The fourth-order valence-electron chi connectivity index (χ4n) is 1.78. The largest absolute Gasteiger partial charge is 0.396 e. The van der Waals surface area contributed by atoms with Crippen LogP contribution in [0.25, 0.3) is 0 Å². The van der Waals surface area contributed by atoms with Crippen molar-refractivity contribution in [2.45, 2.75) is 31.2 Å². The molecular formula is C12H16BrCl2NO3S. The van der Waals surface area contributed by atoms with Gasteiger partial charge in [-0.25, -0.2) is 8.42 Å². The predicted molar refractivity (Wildman–Crippen MR) is 84.9 cm³/mol. The van der Waals surface area contributed by atoms with Crippen molar-refractivity contribution in [3.8, 4) is 0 Å². The van der Waals surface area contributed by atoms with Gasteiger partial charge in [0.2, 0.25) is 10.0 Å². The zero-order valence-electron chi connectivity index (χ0n) is 11.1. The minimum Gasteiger partial charge on any atom is -0.396 e. The lowest BCUT2D eigenvalue weighted by Gasteiger charge is -2.26. The summed E-state index contributed by atoms with van der Waals surface area (Å²) in [7, 11) is -3.81. The summed E-state index contributed by atoms with van der Waals surface area (Å²) in [6.45, 7) is 3.64. The number of halogens is 3. The van der Waals surface area contributed by atoms with E-state index >= 15 is 0 Å². The average Bonchev–Trinajstić information content (AvgIpc) is 2.26. The number of benzene rings is 1. The van der Waals surface area contributed by atoms with Crippen LogP contribution in [0.1, 0.15) is 20.3 Å². The van der Waals surface area contributed by atoms with Gasteiger partial charge in [-0.05, 0) is 32.4 Å².